The van der Waals surface area contributed by atoms with Crippen LogP contribution in [0.3, 0.4) is 0 Å². The number of nitrogens with one attached hydrogen (secondary N) is 1. The van der Waals surface area contributed by atoms with Gasteiger partial charge in [0.1, 0.15) is 5.56 Å². The molecule has 2 heterocycles. The highest BCUT2D eigenvalue weighted by molar-refractivity contribution is 6.04. The molecule has 3 rings (SSSR count). The van der Waals surface area contributed by atoms with Crippen LogP contribution in [0.1, 0.15) is 50.3 Å². The van der Waals surface area contributed by atoms with Crippen molar-refractivity contribution in [2.24, 2.45) is 5.10 Å². The predicted octanol–water partition coefficient (Wildman–Crippen LogP) is 1.76. The lowest BCUT2D eigenvalue weighted by atomic mass is 9.98. The maximum absolute atomic E-state index is 12.5. The van der Waals surface area contributed by atoms with Gasteiger partial charge in [0.15, 0.2) is 11.5 Å². The van der Waals surface area contributed by atoms with Gasteiger partial charge in [-0.3, -0.25) is 19.1 Å². The van der Waals surface area contributed by atoms with E-state index >= 15 is 0 Å². The summed E-state index contributed by atoms with van der Waals surface area (Å²) in [5, 5.41) is 16.3. The molecule has 1 aromatic heterocycles. The number of hydrogen-bond acceptors (Lipinski definition) is 7. The summed E-state index contributed by atoms with van der Waals surface area (Å²) in [6, 6.07) is 4.73. The number of aromatic amines is 1. The third-order valence-corrected chi connectivity index (χ3v) is 5.22. The fraction of sp³-hybridized carbons (Fsp3) is 0.429. The van der Waals surface area contributed by atoms with Crippen molar-refractivity contribution < 1.29 is 19.4 Å². The minimum absolute atomic E-state index is 0.107. The van der Waals surface area contributed by atoms with Crippen molar-refractivity contribution in [1.82, 2.24) is 14.6 Å². The predicted molar refractivity (Wildman–Crippen MR) is 114 cm³/mol. The largest absolute Gasteiger partial charge is 0.494 e. The number of ether oxygens (including phenoxy) is 2. The zero-order valence-electron chi connectivity index (χ0n) is 18.0. The molecule has 1 aliphatic heterocycles. The molecule has 0 saturated carbocycles. The van der Waals surface area contributed by atoms with Crippen LogP contribution in [0.15, 0.2) is 32.9 Å². The Morgan fingerprint density at radius 1 is 1.26 bits per heavy atom. The number of methoxy groups -OCH3 is 2. The molecular weight excluding hydrogens is 404 g/mol. The van der Waals surface area contributed by atoms with Gasteiger partial charge in [0.25, 0.3) is 5.56 Å². The Bertz CT molecular complexity index is 1130. The monoisotopic (exact) mass is 430 g/mol. The van der Waals surface area contributed by atoms with E-state index in [0.29, 0.717) is 17.9 Å². The van der Waals surface area contributed by atoms with Crippen molar-refractivity contribution in [2.45, 2.75) is 45.7 Å². The maximum atomic E-state index is 12.5. The molecule has 0 radical (unpaired) electrons. The van der Waals surface area contributed by atoms with Crippen LogP contribution < -0.4 is 20.7 Å². The number of carbonyl (C=O) groups excluding carboxylic acids is 1. The fourth-order valence-electron chi connectivity index (χ4n) is 3.61. The van der Waals surface area contributed by atoms with Crippen molar-refractivity contribution >= 4 is 11.6 Å². The van der Waals surface area contributed by atoms with Crippen LogP contribution in [0.2, 0.25) is 0 Å². The summed E-state index contributed by atoms with van der Waals surface area (Å²) in [5.74, 6) is 0.255. The number of H-pyrrole nitrogens is 1. The van der Waals surface area contributed by atoms with Gasteiger partial charge in [0, 0.05) is 19.9 Å². The van der Waals surface area contributed by atoms with E-state index in [-0.39, 0.29) is 30.1 Å². The van der Waals surface area contributed by atoms with Crippen molar-refractivity contribution in [2.75, 3.05) is 14.2 Å². The summed E-state index contributed by atoms with van der Waals surface area (Å²) in [6.45, 7) is 3.58. The first kappa shape index (κ1) is 22.1. The molecule has 0 unspecified atom stereocenters. The second-order valence-corrected chi connectivity index (χ2v) is 7.21. The highest BCUT2D eigenvalue weighted by Gasteiger charge is 2.34. The smallest absolute Gasteiger partial charge is 0.331 e. The second kappa shape index (κ2) is 9.07. The number of carbonyl (C=O) groups is 1. The average Bonchev–Trinajstić information content (AvgIpc) is 3.18. The van der Waals surface area contributed by atoms with Gasteiger partial charge >= 0.3 is 5.69 Å². The number of aromatic hydroxyl groups is 1. The van der Waals surface area contributed by atoms with E-state index in [9.17, 15) is 19.5 Å². The summed E-state index contributed by atoms with van der Waals surface area (Å²) < 4.78 is 11.7. The first-order valence-corrected chi connectivity index (χ1v) is 9.98. The van der Waals surface area contributed by atoms with Gasteiger partial charge in [-0.1, -0.05) is 19.4 Å². The minimum Gasteiger partial charge on any atom is -0.494 e. The van der Waals surface area contributed by atoms with Crippen molar-refractivity contribution in [3.63, 3.8) is 0 Å². The van der Waals surface area contributed by atoms with Crippen LogP contribution in [0.4, 0.5) is 0 Å². The van der Waals surface area contributed by atoms with Crippen LogP contribution in [0, 0.1) is 0 Å². The quantitative estimate of drug-likeness (QED) is 0.689. The number of nitrogens with zero attached hydrogens (tertiary/aromatic N) is 3. The number of hydrazone groups is 1. The first-order chi connectivity index (χ1) is 14.8. The Morgan fingerprint density at radius 3 is 2.58 bits per heavy atom. The summed E-state index contributed by atoms with van der Waals surface area (Å²) in [4.78, 5) is 39.2. The lowest BCUT2D eigenvalue weighted by Crippen LogP contribution is -2.33. The van der Waals surface area contributed by atoms with Gasteiger partial charge in [-0.2, -0.15) is 5.10 Å². The number of aromatic nitrogens is 2. The summed E-state index contributed by atoms with van der Waals surface area (Å²) >= 11 is 0. The number of hydrogen-bond donors (Lipinski definition) is 2. The van der Waals surface area contributed by atoms with Crippen LogP contribution >= 0.6 is 0 Å². The fourth-order valence-corrected chi connectivity index (χ4v) is 3.61. The molecule has 0 aliphatic carbocycles. The van der Waals surface area contributed by atoms with Crippen LogP contribution in [-0.2, 0) is 11.3 Å². The molecular formula is C21H26N4O6. The number of benzene rings is 1. The Balaban J connectivity index is 2.06. The molecule has 2 aromatic rings. The molecule has 31 heavy (non-hydrogen) atoms. The van der Waals surface area contributed by atoms with Crippen molar-refractivity contribution in [1.29, 1.82) is 0 Å². The van der Waals surface area contributed by atoms with E-state index in [2.05, 4.69) is 10.1 Å². The lowest BCUT2D eigenvalue weighted by molar-refractivity contribution is -0.130. The maximum Gasteiger partial charge on any atom is 0.331 e. The van der Waals surface area contributed by atoms with Gasteiger partial charge in [-0.25, -0.2) is 9.80 Å². The lowest BCUT2D eigenvalue weighted by Gasteiger charge is -2.21. The van der Waals surface area contributed by atoms with E-state index in [4.69, 9.17) is 9.47 Å². The molecule has 0 spiro atoms. The molecule has 1 aromatic carbocycles. The molecule has 1 aliphatic rings. The Hall–Kier alpha value is -3.56. The summed E-state index contributed by atoms with van der Waals surface area (Å²) in [7, 11) is 3.04. The van der Waals surface area contributed by atoms with E-state index in [1.54, 1.807) is 18.2 Å². The molecule has 0 fully saturated rings. The van der Waals surface area contributed by atoms with Crippen molar-refractivity contribution in [3.05, 3.63) is 50.2 Å². The van der Waals surface area contributed by atoms with Gasteiger partial charge in [0.2, 0.25) is 11.8 Å². The van der Waals surface area contributed by atoms with E-state index in [0.717, 1.165) is 16.6 Å². The zero-order chi connectivity index (χ0) is 22.7. The molecule has 1 atom stereocenters. The Morgan fingerprint density at radius 2 is 1.97 bits per heavy atom. The van der Waals surface area contributed by atoms with Crippen molar-refractivity contribution in [3.8, 4) is 17.4 Å². The van der Waals surface area contributed by atoms with Crippen LogP contribution in [-0.4, -0.2) is 45.5 Å². The third kappa shape index (κ3) is 4.18. The minimum atomic E-state index is -0.745. The van der Waals surface area contributed by atoms with E-state index < -0.39 is 23.2 Å². The van der Waals surface area contributed by atoms with Gasteiger partial charge in [0.05, 0.1) is 26.0 Å². The van der Waals surface area contributed by atoms with Gasteiger partial charge < -0.3 is 14.6 Å². The normalized spacial score (nSPS) is 15.7. The first-order valence-electron chi connectivity index (χ1n) is 9.98. The molecule has 10 heteroatoms. The third-order valence-electron chi connectivity index (χ3n) is 5.22. The highest BCUT2D eigenvalue weighted by Crippen LogP contribution is 2.37. The second-order valence-electron chi connectivity index (χ2n) is 7.21. The van der Waals surface area contributed by atoms with Gasteiger partial charge in [-0.15, -0.1) is 0 Å². The van der Waals surface area contributed by atoms with Crippen LogP contribution in [0.5, 0.6) is 17.4 Å². The molecule has 0 saturated heterocycles. The van der Waals surface area contributed by atoms with E-state index in [1.807, 2.05) is 6.92 Å². The van der Waals surface area contributed by atoms with Crippen LogP contribution in [0.25, 0.3) is 0 Å². The number of unbranched alkanes of at least 4 members (excludes halogenated alkanes) is 1. The summed E-state index contributed by atoms with van der Waals surface area (Å²) in [5.41, 5.74) is -0.589. The number of amides is 1. The molecule has 10 nitrogen and oxygen atoms in total. The summed E-state index contributed by atoms with van der Waals surface area (Å²) in [6.07, 6.45) is 1.64. The molecule has 0 bridgehead atoms. The Labute approximate surface area is 178 Å². The Kier molecular flexibility index (Phi) is 6.47. The molecule has 2 N–H and O–H groups in total. The zero-order valence-corrected chi connectivity index (χ0v) is 18.0. The van der Waals surface area contributed by atoms with E-state index in [1.165, 1.54) is 26.2 Å². The highest BCUT2D eigenvalue weighted by atomic mass is 16.5. The standard InChI is InChI=1S/C21H26N4O6/c1-5-6-9-24-20(28)18(19(27)22-21(24)29)14-11-15(25(23-14)12(2)26)13-7-8-16(30-3)17(10-13)31-4/h7-8,10,15,28H,5-6,9,11H2,1-4H3,(H,22,27,29)/t15-/m1/s1. The average molecular weight is 430 g/mol. The topological polar surface area (TPSA) is 126 Å². The molecule has 166 valence electrons. The molecule has 1 amide bonds. The SMILES string of the molecule is CCCCn1c(O)c(C2=NN(C(C)=O)[C@@H](c3ccc(OC)c(OC)c3)C2)c(=O)[nH]c1=O. The number of rotatable bonds is 7. The van der Waals surface area contributed by atoms with Gasteiger partial charge in [-0.05, 0) is 24.1 Å².